The summed E-state index contributed by atoms with van der Waals surface area (Å²) in [5, 5.41) is 12.0. The van der Waals surface area contributed by atoms with E-state index < -0.39 is 4.92 Å². The lowest BCUT2D eigenvalue weighted by molar-refractivity contribution is -0.384. The Labute approximate surface area is 156 Å². The van der Waals surface area contributed by atoms with Gasteiger partial charge < -0.3 is 9.80 Å². The van der Waals surface area contributed by atoms with Crippen LogP contribution in [0.5, 0.6) is 0 Å². The molecule has 140 valence electrons. The summed E-state index contributed by atoms with van der Waals surface area (Å²) >= 11 is 0. The van der Waals surface area contributed by atoms with Crippen molar-refractivity contribution in [3.05, 3.63) is 47.0 Å². The van der Waals surface area contributed by atoms with Gasteiger partial charge in [0.2, 0.25) is 11.6 Å². The number of para-hydroxylation sites is 2. The van der Waals surface area contributed by atoms with E-state index in [0.29, 0.717) is 5.82 Å². The summed E-state index contributed by atoms with van der Waals surface area (Å²) in [6, 6.07) is 7.70. The predicted molar refractivity (Wildman–Crippen MR) is 102 cm³/mol. The highest BCUT2D eigenvalue weighted by Crippen LogP contribution is 2.33. The fourth-order valence-corrected chi connectivity index (χ4v) is 3.64. The van der Waals surface area contributed by atoms with Gasteiger partial charge in [0, 0.05) is 13.1 Å². The minimum atomic E-state index is -0.398. The third-order valence-electron chi connectivity index (χ3n) is 5.22. The van der Waals surface area contributed by atoms with Crippen molar-refractivity contribution in [1.29, 1.82) is 0 Å². The lowest BCUT2D eigenvalue weighted by Crippen LogP contribution is -2.42. The van der Waals surface area contributed by atoms with Crippen LogP contribution >= 0.6 is 0 Å². The molecule has 0 radical (unpaired) electrons. The Morgan fingerprint density at radius 2 is 1.93 bits per heavy atom. The number of hydrogen-bond acceptors (Lipinski definition) is 7. The zero-order chi connectivity index (χ0) is 19.0. The molecule has 2 aromatic heterocycles. The molecule has 1 saturated heterocycles. The van der Waals surface area contributed by atoms with E-state index in [2.05, 4.69) is 26.9 Å². The Morgan fingerprint density at radius 3 is 2.67 bits per heavy atom. The Balaban J connectivity index is 1.80. The summed E-state index contributed by atoms with van der Waals surface area (Å²) in [5.74, 6) is 0.579. The molecule has 3 aromatic rings. The van der Waals surface area contributed by atoms with Gasteiger partial charge in [-0.15, -0.1) is 0 Å². The van der Waals surface area contributed by atoms with Gasteiger partial charge in [0.25, 0.3) is 0 Å². The second-order valence-electron chi connectivity index (χ2n) is 6.88. The van der Waals surface area contributed by atoms with E-state index in [1.54, 1.807) is 10.9 Å². The van der Waals surface area contributed by atoms with Crippen LogP contribution < -0.4 is 4.90 Å². The standard InChI is InChI=1S/C18H21N7O2/c1-22-9-7-13(8-10-22)23(2)17-16(25(26)27)18(20-11-19-17)24-12-21-14-5-3-4-6-15(14)24/h3-6,11-13H,7-10H2,1-2H3. The molecule has 3 heterocycles. The van der Waals surface area contributed by atoms with Crippen LogP contribution in [0.25, 0.3) is 16.9 Å². The molecule has 0 bridgehead atoms. The highest BCUT2D eigenvalue weighted by atomic mass is 16.6. The molecule has 0 aliphatic carbocycles. The molecular weight excluding hydrogens is 346 g/mol. The van der Waals surface area contributed by atoms with Gasteiger partial charge in [0.15, 0.2) is 0 Å². The van der Waals surface area contributed by atoms with Crippen molar-refractivity contribution in [3.63, 3.8) is 0 Å². The molecule has 1 fully saturated rings. The van der Waals surface area contributed by atoms with Crippen LogP contribution in [0.1, 0.15) is 12.8 Å². The number of likely N-dealkylation sites (tertiary alicyclic amines) is 1. The zero-order valence-corrected chi connectivity index (χ0v) is 15.3. The maximum Gasteiger partial charge on any atom is 0.354 e. The summed E-state index contributed by atoms with van der Waals surface area (Å²) in [6.45, 7) is 1.93. The second-order valence-corrected chi connectivity index (χ2v) is 6.88. The lowest BCUT2D eigenvalue weighted by atomic mass is 10.0. The zero-order valence-electron chi connectivity index (χ0n) is 15.3. The number of aromatic nitrogens is 4. The van der Waals surface area contributed by atoms with Gasteiger partial charge in [-0.05, 0) is 45.1 Å². The first-order valence-electron chi connectivity index (χ1n) is 8.89. The molecule has 0 atom stereocenters. The molecule has 27 heavy (non-hydrogen) atoms. The highest BCUT2D eigenvalue weighted by molar-refractivity contribution is 5.79. The molecule has 0 spiro atoms. The maximum absolute atomic E-state index is 12.0. The molecule has 1 aromatic carbocycles. The van der Waals surface area contributed by atoms with Gasteiger partial charge in [0.05, 0.1) is 16.0 Å². The van der Waals surface area contributed by atoms with E-state index in [9.17, 15) is 10.1 Å². The van der Waals surface area contributed by atoms with Gasteiger partial charge in [-0.25, -0.2) is 15.0 Å². The van der Waals surface area contributed by atoms with Crippen LogP contribution in [0.4, 0.5) is 11.5 Å². The molecule has 9 nitrogen and oxygen atoms in total. The van der Waals surface area contributed by atoms with E-state index in [0.717, 1.165) is 37.0 Å². The Morgan fingerprint density at radius 1 is 1.19 bits per heavy atom. The number of anilines is 1. The maximum atomic E-state index is 12.0. The summed E-state index contributed by atoms with van der Waals surface area (Å²) in [7, 11) is 3.97. The van der Waals surface area contributed by atoms with Crippen LogP contribution in [-0.4, -0.2) is 62.6 Å². The Hall–Kier alpha value is -3.07. The third kappa shape index (κ3) is 3.10. The van der Waals surface area contributed by atoms with Crippen molar-refractivity contribution in [3.8, 4) is 5.82 Å². The number of imidazole rings is 1. The van der Waals surface area contributed by atoms with E-state index >= 15 is 0 Å². The van der Waals surface area contributed by atoms with Crippen molar-refractivity contribution in [2.75, 3.05) is 32.1 Å². The van der Waals surface area contributed by atoms with Gasteiger partial charge in [-0.2, -0.15) is 0 Å². The minimum absolute atomic E-state index is 0.0953. The Bertz CT molecular complexity index is 979. The molecule has 0 unspecified atom stereocenters. The molecule has 9 heteroatoms. The van der Waals surface area contributed by atoms with Crippen LogP contribution in [0.15, 0.2) is 36.9 Å². The smallest absolute Gasteiger partial charge is 0.351 e. The Kier molecular flexibility index (Phi) is 4.44. The molecular formula is C18H21N7O2. The molecule has 1 aliphatic heterocycles. The average Bonchev–Trinajstić information content (AvgIpc) is 3.11. The largest absolute Gasteiger partial charge is 0.354 e. The van der Waals surface area contributed by atoms with E-state index in [1.165, 1.54) is 6.33 Å². The molecule has 0 N–H and O–H groups in total. The average molecular weight is 367 g/mol. The fraction of sp³-hybridized carbons (Fsp3) is 0.389. The van der Waals surface area contributed by atoms with Gasteiger partial charge in [0.1, 0.15) is 12.7 Å². The number of nitrogens with zero attached hydrogens (tertiary/aromatic N) is 7. The van der Waals surface area contributed by atoms with Crippen molar-refractivity contribution in [2.24, 2.45) is 0 Å². The number of piperidine rings is 1. The first-order valence-corrected chi connectivity index (χ1v) is 8.89. The first kappa shape index (κ1) is 17.3. The number of fused-ring (bicyclic) bond motifs is 1. The first-order chi connectivity index (χ1) is 13.1. The molecule has 0 amide bonds. The summed E-state index contributed by atoms with van der Waals surface area (Å²) in [5.41, 5.74) is 1.44. The van der Waals surface area contributed by atoms with E-state index in [1.807, 2.05) is 36.2 Å². The van der Waals surface area contributed by atoms with Crippen molar-refractivity contribution >= 4 is 22.5 Å². The number of hydrogen-bond donors (Lipinski definition) is 0. The fourth-order valence-electron chi connectivity index (χ4n) is 3.64. The minimum Gasteiger partial charge on any atom is -0.351 e. The van der Waals surface area contributed by atoms with Crippen LogP contribution in [-0.2, 0) is 0 Å². The van der Waals surface area contributed by atoms with Crippen molar-refractivity contribution < 1.29 is 4.92 Å². The molecule has 0 saturated carbocycles. The van der Waals surface area contributed by atoms with Crippen molar-refractivity contribution in [1.82, 2.24) is 24.4 Å². The summed E-state index contributed by atoms with van der Waals surface area (Å²) < 4.78 is 1.65. The topological polar surface area (TPSA) is 93.2 Å². The molecule has 1 aliphatic rings. The lowest BCUT2D eigenvalue weighted by Gasteiger charge is -2.35. The quantitative estimate of drug-likeness (QED) is 0.516. The highest BCUT2D eigenvalue weighted by Gasteiger charge is 2.31. The van der Waals surface area contributed by atoms with Crippen LogP contribution in [0, 0.1) is 10.1 Å². The van der Waals surface area contributed by atoms with E-state index in [4.69, 9.17) is 0 Å². The van der Waals surface area contributed by atoms with Crippen LogP contribution in [0.3, 0.4) is 0 Å². The number of rotatable bonds is 4. The molecule has 4 rings (SSSR count). The van der Waals surface area contributed by atoms with Crippen molar-refractivity contribution in [2.45, 2.75) is 18.9 Å². The van der Waals surface area contributed by atoms with Gasteiger partial charge >= 0.3 is 5.69 Å². The van der Waals surface area contributed by atoms with Gasteiger partial charge in [-0.3, -0.25) is 14.7 Å². The number of benzene rings is 1. The third-order valence-corrected chi connectivity index (χ3v) is 5.22. The SMILES string of the molecule is CN1CCC(N(C)c2ncnc(-n3cnc4ccccc43)c2[N+](=O)[O-])CC1. The number of nitro groups is 1. The van der Waals surface area contributed by atoms with Crippen LogP contribution in [0.2, 0.25) is 0 Å². The second kappa shape index (κ2) is 6.92. The predicted octanol–water partition coefficient (Wildman–Crippen LogP) is 2.25. The summed E-state index contributed by atoms with van der Waals surface area (Å²) in [6.07, 6.45) is 4.84. The van der Waals surface area contributed by atoms with E-state index in [-0.39, 0.29) is 17.5 Å². The van der Waals surface area contributed by atoms with Gasteiger partial charge in [-0.1, -0.05) is 12.1 Å². The summed E-state index contributed by atoms with van der Waals surface area (Å²) in [4.78, 5) is 28.6. The monoisotopic (exact) mass is 367 g/mol. The normalized spacial score (nSPS) is 15.9.